The highest BCUT2D eigenvalue weighted by Crippen LogP contribution is 2.17. The maximum atomic E-state index is 11.1. The van der Waals surface area contributed by atoms with Gasteiger partial charge in [0.1, 0.15) is 0 Å². The van der Waals surface area contributed by atoms with Crippen LogP contribution in [-0.2, 0) is 0 Å². The Labute approximate surface area is 104 Å². The lowest BCUT2D eigenvalue weighted by atomic mass is 9.95. The van der Waals surface area contributed by atoms with Gasteiger partial charge in [-0.2, -0.15) is 0 Å². The first-order chi connectivity index (χ1) is 7.91. The Kier molecular flexibility index (Phi) is 5.25. The van der Waals surface area contributed by atoms with Crippen molar-refractivity contribution in [1.29, 1.82) is 0 Å². The molecule has 0 radical (unpaired) electrons. The number of hydrogen-bond donors (Lipinski definition) is 2. The minimum Gasteiger partial charge on any atom is -0.465 e. The van der Waals surface area contributed by atoms with Gasteiger partial charge in [0.15, 0.2) is 0 Å². The Hall–Kier alpha value is -0.770. The van der Waals surface area contributed by atoms with E-state index in [4.69, 9.17) is 5.11 Å². The molecular formula is C13H26N2O2. The minimum absolute atomic E-state index is 0.319. The van der Waals surface area contributed by atoms with Crippen molar-refractivity contribution in [2.24, 2.45) is 0 Å². The van der Waals surface area contributed by atoms with Crippen molar-refractivity contribution in [1.82, 2.24) is 10.2 Å². The van der Waals surface area contributed by atoms with Crippen LogP contribution in [0.4, 0.5) is 4.79 Å². The molecule has 1 rings (SSSR count). The highest BCUT2D eigenvalue weighted by molar-refractivity contribution is 5.65. The van der Waals surface area contributed by atoms with E-state index in [-0.39, 0.29) is 5.54 Å². The number of carbonyl (C=O) groups is 1. The number of amides is 1. The molecule has 1 aliphatic carbocycles. The molecule has 0 aliphatic heterocycles. The maximum Gasteiger partial charge on any atom is 0.407 e. The fourth-order valence-corrected chi connectivity index (χ4v) is 2.41. The van der Waals surface area contributed by atoms with E-state index >= 15 is 0 Å². The molecule has 4 heteroatoms. The van der Waals surface area contributed by atoms with Crippen LogP contribution in [0.3, 0.4) is 0 Å². The third kappa shape index (κ3) is 4.94. The van der Waals surface area contributed by atoms with Crippen molar-refractivity contribution in [3.05, 3.63) is 0 Å². The lowest BCUT2D eigenvalue weighted by Gasteiger charge is -2.34. The summed E-state index contributed by atoms with van der Waals surface area (Å²) in [5.74, 6) is 0. The number of nitrogens with one attached hydrogen (secondary N) is 1. The summed E-state index contributed by atoms with van der Waals surface area (Å²) in [5, 5.41) is 12.6. The van der Waals surface area contributed by atoms with Crippen LogP contribution in [0.2, 0.25) is 0 Å². The molecule has 0 bridgehead atoms. The average molecular weight is 242 g/mol. The molecule has 1 aliphatic rings. The van der Waals surface area contributed by atoms with Crippen molar-refractivity contribution in [3.63, 3.8) is 0 Å². The first kappa shape index (κ1) is 14.3. The van der Waals surface area contributed by atoms with Gasteiger partial charge in [-0.25, -0.2) is 4.79 Å². The molecule has 0 atom stereocenters. The van der Waals surface area contributed by atoms with Crippen LogP contribution in [-0.4, -0.2) is 40.8 Å². The van der Waals surface area contributed by atoms with Gasteiger partial charge < -0.3 is 15.3 Å². The summed E-state index contributed by atoms with van der Waals surface area (Å²) in [6, 6.07) is 0.597. The summed E-state index contributed by atoms with van der Waals surface area (Å²) in [4.78, 5) is 12.6. The number of rotatable bonds is 4. The first-order valence-electron chi connectivity index (χ1n) is 6.65. The number of hydrogen-bond acceptors (Lipinski definition) is 2. The molecular weight excluding hydrogens is 216 g/mol. The van der Waals surface area contributed by atoms with Gasteiger partial charge >= 0.3 is 6.09 Å². The summed E-state index contributed by atoms with van der Waals surface area (Å²) in [6.07, 6.45) is 5.61. The van der Waals surface area contributed by atoms with Crippen molar-refractivity contribution < 1.29 is 9.90 Å². The van der Waals surface area contributed by atoms with Gasteiger partial charge in [0.2, 0.25) is 0 Å². The van der Waals surface area contributed by atoms with Gasteiger partial charge in [-0.05, 0) is 33.6 Å². The van der Waals surface area contributed by atoms with Crippen molar-refractivity contribution >= 4 is 6.09 Å². The quantitative estimate of drug-likeness (QED) is 0.797. The van der Waals surface area contributed by atoms with E-state index in [1.54, 1.807) is 0 Å². The zero-order valence-corrected chi connectivity index (χ0v) is 11.3. The average Bonchev–Trinajstić information content (AvgIpc) is 2.23. The van der Waals surface area contributed by atoms with E-state index in [1.807, 2.05) is 20.8 Å². The van der Waals surface area contributed by atoms with E-state index in [2.05, 4.69) is 5.32 Å². The topological polar surface area (TPSA) is 52.6 Å². The fourth-order valence-electron chi connectivity index (χ4n) is 2.41. The zero-order chi connectivity index (χ0) is 12.9. The summed E-state index contributed by atoms with van der Waals surface area (Å²) < 4.78 is 0. The molecule has 1 saturated carbocycles. The Morgan fingerprint density at radius 2 is 1.88 bits per heavy atom. The molecule has 2 N–H and O–H groups in total. The molecule has 0 spiro atoms. The van der Waals surface area contributed by atoms with Crippen LogP contribution in [0.1, 0.15) is 52.9 Å². The molecule has 0 aromatic carbocycles. The van der Waals surface area contributed by atoms with Crippen LogP contribution in [0.5, 0.6) is 0 Å². The Balaban J connectivity index is 2.29. The maximum absolute atomic E-state index is 11.1. The highest BCUT2D eigenvalue weighted by Gasteiger charge is 2.25. The predicted octanol–water partition coefficient (Wildman–Crippen LogP) is 2.69. The van der Waals surface area contributed by atoms with Crippen LogP contribution in [0.15, 0.2) is 0 Å². The molecule has 1 fully saturated rings. The smallest absolute Gasteiger partial charge is 0.407 e. The normalized spacial score (nSPS) is 18.1. The zero-order valence-electron chi connectivity index (χ0n) is 11.3. The molecule has 17 heavy (non-hydrogen) atoms. The largest absolute Gasteiger partial charge is 0.465 e. The van der Waals surface area contributed by atoms with Crippen LogP contribution >= 0.6 is 0 Å². The second kappa shape index (κ2) is 6.24. The highest BCUT2D eigenvalue weighted by atomic mass is 16.4. The van der Waals surface area contributed by atoms with Crippen LogP contribution in [0, 0.1) is 0 Å². The van der Waals surface area contributed by atoms with E-state index in [0.717, 1.165) is 6.54 Å². The van der Waals surface area contributed by atoms with Crippen molar-refractivity contribution in [3.8, 4) is 0 Å². The SMILES string of the molecule is CC(C)(C)N(CCNC1CCCCC1)C(=O)O. The van der Waals surface area contributed by atoms with E-state index in [1.165, 1.54) is 37.0 Å². The molecule has 0 aromatic rings. The second-order valence-corrected chi connectivity index (χ2v) is 5.89. The number of carboxylic acid groups (broad SMARTS) is 1. The summed E-state index contributed by atoms with van der Waals surface area (Å²) in [7, 11) is 0. The third-order valence-electron chi connectivity index (χ3n) is 3.41. The Morgan fingerprint density at radius 1 is 1.29 bits per heavy atom. The summed E-state index contributed by atoms with van der Waals surface area (Å²) in [5.41, 5.74) is -0.319. The van der Waals surface area contributed by atoms with Crippen LogP contribution < -0.4 is 5.32 Å². The third-order valence-corrected chi connectivity index (χ3v) is 3.41. The molecule has 0 saturated heterocycles. The summed E-state index contributed by atoms with van der Waals surface area (Å²) in [6.45, 7) is 7.12. The van der Waals surface area contributed by atoms with E-state index in [9.17, 15) is 4.79 Å². The van der Waals surface area contributed by atoms with Crippen molar-refractivity contribution in [2.75, 3.05) is 13.1 Å². The molecule has 0 unspecified atom stereocenters. The van der Waals surface area contributed by atoms with E-state index < -0.39 is 6.09 Å². The fraction of sp³-hybridized carbons (Fsp3) is 0.923. The molecule has 4 nitrogen and oxygen atoms in total. The standard InChI is InChI=1S/C13H26N2O2/c1-13(2,3)15(12(16)17)10-9-14-11-7-5-4-6-8-11/h11,14H,4-10H2,1-3H3,(H,16,17). The second-order valence-electron chi connectivity index (χ2n) is 5.89. The van der Waals surface area contributed by atoms with Gasteiger partial charge in [-0.1, -0.05) is 19.3 Å². The lowest BCUT2D eigenvalue weighted by Crippen LogP contribution is -2.48. The van der Waals surface area contributed by atoms with Gasteiger partial charge in [0, 0.05) is 24.7 Å². The molecule has 1 amide bonds. The number of nitrogens with zero attached hydrogens (tertiary/aromatic N) is 1. The molecule has 100 valence electrons. The van der Waals surface area contributed by atoms with Gasteiger partial charge in [-0.3, -0.25) is 0 Å². The molecule has 0 aromatic heterocycles. The Morgan fingerprint density at radius 3 is 2.35 bits per heavy atom. The molecule has 0 heterocycles. The summed E-state index contributed by atoms with van der Waals surface area (Å²) >= 11 is 0. The lowest BCUT2D eigenvalue weighted by molar-refractivity contribution is 0.0999. The first-order valence-corrected chi connectivity index (χ1v) is 6.65. The van der Waals surface area contributed by atoms with E-state index in [0.29, 0.717) is 12.6 Å². The van der Waals surface area contributed by atoms with Gasteiger partial charge in [0.25, 0.3) is 0 Å². The van der Waals surface area contributed by atoms with Crippen LogP contribution in [0.25, 0.3) is 0 Å². The monoisotopic (exact) mass is 242 g/mol. The Bertz CT molecular complexity index is 242. The van der Waals surface area contributed by atoms with Gasteiger partial charge in [0.05, 0.1) is 0 Å². The minimum atomic E-state index is -0.831. The predicted molar refractivity (Wildman–Crippen MR) is 69.4 cm³/mol. The van der Waals surface area contributed by atoms with Crippen molar-refractivity contribution in [2.45, 2.75) is 64.5 Å². The van der Waals surface area contributed by atoms with Gasteiger partial charge in [-0.15, -0.1) is 0 Å².